The SMILES string of the molecule is O=C(/C(=C/c1ccccc1Cl)Sc1nc2ccccc2[nH]1)c1ccccc1. The van der Waals surface area contributed by atoms with Crippen LogP contribution in [0.4, 0.5) is 0 Å². The fourth-order valence-electron chi connectivity index (χ4n) is 2.69. The molecule has 0 unspecified atom stereocenters. The van der Waals surface area contributed by atoms with E-state index in [-0.39, 0.29) is 5.78 Å². The van der Waals surface area contributed by atoms with Crippen LogP contribution in [0.1, 0.15) is 15.9 Å². The van der Waals surface area contributed by atoms with E-state index in [1.165, 1.54) is 11.8 Å². The number of hydrogen-bond acceptors (Lipinski definition) is 3. The zero-order valence-corrected chi connectivity index (χ0v) is 15.8. The van der Waals surface area contributed by atoms with Gasteiger partial charge in [-0.2, -0.15) is 0 Å². The number of aromatic amines is 1. The molecule has 3 nitrogen and oxygen atoms in total. The predicted octanol–water partition coefficient (Wildman–Crippen LogP) is 6.23. The molecule has 4 rings (SSSR count). The zero-order valence-electron chi connectivity index (χ0n) is 14.2. The van der Waals surface area contributed by atoms with E-state index in [1.54, 1.807) is 0 Å². The lowest BCUT2D eigenvalue weighted by Crippen LogP contribution is -2.01. The number of fused-ring (bicyclic) bond motifs is 1. The van der Waals surface area contributed by atoms with Crippen molar-refractivity contribution in [2.24, 2.45) is 0 Å². The van der Waals surface area contributed by atoms with Crippen LogP contribution in [-0.2, 0) is 0 Å². The number of benzene rings is 3. The maximum Gasteiger partial charge on any atom is 0.199 e. The van der Waals surface area contributed by atoms with Crippen LogP contribution in [0.2, 0.25) is 5.02 Å². The largest absolute Gasteiger partial charge is 0.333 e. The Balaban J connectivity index is 1.75. The van der Waals surface area contributed by atoms with Crippen molar-refractivity contribution in [2.45, 2.75) is 5.16 Å². The number of carbonyl (C=O) groups excluding carboxylic acids is 1. The molecule has 0 amide bonds. The average molecular weight is 391 g/mol. The summed E-state index contributed by atoms with van der Waals surface area (Å²) in [6, 6.07) is 24.5. The van der Waals surface area contributed by atoms with Crippen molar-refractivity contribution in [3.63, 3.8) is 0 Å². The summed E-state index contributed by atoms with van der Waals surface area (Å²) in [5, 5.41) is 1.26. The maximum absolute atomic E-state index is 13.1. The molecule has 3 aromatic carbocycles. The van der Waals surface area contributed by atoms with Gasteiger partial charge in [0.2, 0.25) is 0 Å². The summed E-state index contributed by atoms with van der Waals surface area (Å²) >= 11 is 7.60. The fraction of sp³-hybridized carbons (Fsp3) is 0. The van der Waals surface area contributed by atoms with Gasteiger partial charge in [0, 0.05) is 10.6 Å². The summed E-state index contributed by atoms with van der Waals surface area (Å²) in [7, 11) is 0. The van der Waals surface area contributed by atoms with Gasteiger partial charge in [0.15, 0.2) is 10.9 Å². The van der Waals surface area contributed by atoms with Gasteiger partial charge in [-0.3, -0.25) is 4.79 Å². The molecular formula is C22H15ClN2OS. The Morgan fingerprint density at radius 3 is 2.41 bits per heavy atom. The van der Waals surface area contributed by atoms with Gasteiger partial charge < -0.3 is 4.98 Å². The topological polar surface area (TPSA) is 45.8 Å². The van der Waals surface area contributed by atoms with Crippen LogP contribution in [-0.4, -0.2) is 15.8 Å². The predicted molar refractivity (Wildman–Crippen MR) is 112 cm³/mol. The van der Waals surface area contributed by atoms with Gasteiger partial charge in [0.25, 0.3) is 0 Å². The Bertz CT molecular complexity index is 1100. The quantitative estimate of drug-likeness (QED) is 0.249. The fourth-order valence-corrected chi connectivity index (χ4v) is 3.79. The lowest BCUT2D eigenvalue weighted by Gasteiger charge is -2.06. The molecule has 132 valence electrons. The molecule has 0 atom stereocenters. The maximum atomic E-state index is 13.1. The molecule has 27 heavy (non-hydrogen) atoms. The molecule has 1 heterocycles. The van der Waals surface area contributed by atoms with Gasteiger partial charge >= 0.3 is 0 Å². The number of imidazole rings is 1. The minimum Gasteiger partial charge on any atom is -0.333 e. The molecule has 0 radical (unpaired) electrons. The molecule has 0 fully saturated rings. The molecule has 0 aliphatic rings. The minimum absolute atomic E-state index is 0.0685. The van der Waals surface area contributed by atoms with Crippen molar-refractivity contribution in [1.82, 2.24) is 9.97 Å². The summed E-state index contributed by atoms with van der Waals surface area (Å²) in [5.41, 5.74) is 3.22. The minimum atomic E-state index is -0.0685. The van der Waals surface area contributed by atoms with E-state index in [0.717, 1.165) is 16.6 Å². The van der Waals surface area contributed by atoms with E-state index in [4.69, 9.17) is 11.6 Å². The second-order valence-electron chi connectivity index (χ2n) is 5.89. The molecule has 4 aromatic rings. The number of H-pyrrole nitrogens is 1. The van der Waals surface area contributed by atoms with E-state index in [2.05, 4.69) is 9.97 Å². The van der Waals surface area contributed by atoms with E-state index in [1.807, 2.05) is 84.9 Å². The summed E-state index contributed by atoms with van der Waals surface area (Å²) in [6.45, 7) is 0. The van der Waals surface area contributed by atoms with E-state index in [9.17, 15) is 4.79 Å². The molecule has 0 saturated heterocycles. The molecule has 0 aliphatic heterocycles. The standard InChI is InChI=1S/C22H15ClN2OS/c23-17-11-5-4-10-16(17)14-20(21(26)15-8-2-1-3-9-15)27-22-24-18-12-6-7-13-19(18)25-22/h1-14H,(H,24,25)/b20-14-. The van der Waals surface area contributed by atoms with E-state index < -0.39 is 0 Å². The third kappa shape index (κ3) is 3.97. The van der Waals surface area contributed by atoms with Crippen LogP contribution in [0.5, 0.6) is 0 Å². The molecule has 1 aromatic heterocycles. The highest BCUT2D eigenvalue weighted by atomic mass is 35.5. The number of nitrogens with one attached hydrogen (secondary N) is 1. The van der Waals surface area contributed by atoms with Crippen LogP contribution in [0.15, 0.2) is 88.9 Å². The molecule has 5 heteroatoms. The Kier molecular flexibility index (Phi) is 5.10. The molecular weight excluding hydrogens is 376 g/mol. The summed E-state index contributed by atoms with van der Waals surface area (Å²) < 4.78 is 0. The number of aromatic nitrogens is 2. The second-order valence-corrected chi connectivity index (χ2v) is 7.32. The third-order valence-corrected chi connectivity index (χ3v) is 5.28. The third-order valence-electron chi connectivity index (χ3n) is 4.03. The first-order chi connectivity index (χ1) is 13.2. The molecule has 0 spiro atoms. The monoisotopic (exact) mass is 390 g/mol. The van der Waals surface area contributed by atoms with Crippen molar-refractivity contribution in [3.05, 3.63) is 99.9 Å². The van der Waals surface area contributed by atoms with Crippen LogP contribution < -0.4 is 0 Å². The van der Waals surface area contributed by atoms with Crippen molar-refractivity contribution in [1.29, 1.82) is 0 Å². The molecule has 0 aliphatic carbocycles. The number of carbonyl (C=O) groups is 1. The van der Waals surface area contributed by atoms with Gasteiger partial charge in [0.05, 0.1) is 15.9 Å². The Morgan fingerprint density at radius 2 is 1.63 bits per heavy atom. The Labute approximate surface area is 166 Å². The lowest BCUT2D eigenvalue weighted by atomic mass is 10.1. The van der Waals surface area contributed by atoms with E-state index in [0.29, 0.717) is 20.6 Å². The van der Waals surface area contributed by atoms with E-state index >= 15 is 0 Å². The first kappa shape index (κ1) is 17.6. The highest BCUT2D eigenvalue weighted by Gasteiger charge is 2.16. The Morgan fingerprint density at radius 1 is 0.926 bits per heavy atom. The smallest absolute Gasteiger partial charge is 0.199 e. The van der Waals surface area contributed by atoms with Gasteiger partial charge in [-0.05, 0) is 41.6 Å². The highest BCUT2D eigenvalue weighted by molar-refractivity contribution is 8.04. The normalized spacial score (nSPS) is 11.7. The van der Waals surface area contributed by atoms with Crippen molar-refractivity contribution in [2.75, 3.05) is 0 Å². The van der Waals surface area contributed by atoms with Gasteiger partial charge in [-0.1, -0.05) is 72.3 Å². The van der Waals surface area contributed by atoms with Gasteiger partial charge in [-0.15, -0.1) is 0 Å². The number of allylic oxidation sites excluding steroid dienone is 1. The average Bonchev–Trinajstić information content (AvgIpc) is 3.11. The summed E-state index contributed by atoms with van der Waals surface area (Å²) in [5.74, 6) is -0.0685. The van der Waals surface area contributed by atoms with Crippen LogP contribution in [0.3, 0.4) is 0 Å². The lowest BCUT2D eigenvalue weighted by molar-refractivity contribution is 0.104. The number of rotatable bonds is 5. The van der Waals surface area contributed by atoms with Crippen molar-refractivity contribution in [3.8, 4) is 0 Å². The number of nitrogens with zero attached hydrogens (tertiary/aromatic N) is 1. The number of Topliss-reactive ketones (excluding diaryl/α,β-unsaturated/α-hetero) is 1. The second kappa shape index (κ2) is 7.82. The number of thioether (sulfide) groups is 1. The summed E-state index contributed by atoms with van der Waals surface area (Å²) in [4.78, 5) is 21.5. The molecule has 1 N–H and O–H groups in total. The molecule has 0 bridgehead atoms. The number of hydrogen-bond donors (Lipinski definition) is 1. The Hall–Kier alpha value is -2.82. The van der Waals surface area contributed by atoms with Crippen LogP contribution in [0, 0.1) is 0 Å². The zero-order chi connectivity index (χ0) is 18.6. The number of halogens is 1. The van der Waals surface area contributed by atoms with Crippen molar-refractivity contribution < 1.29 is 4.79 Å². The summed E-state index contributed by atoms with van der Waals surface area (Å²) in [6.07, 6.45) is 1.82. The first-order valence-corrected chi connectivity index (χ1v) is 9.59. The van der Waals surface area contributed by atoms with Crippen LogP contribution >= 0.6 is 23.4 Å². The van der Waals surface area contributed by atoms with Gasteiger partial charge in [0.1, 0.15) is 0 Å². The van der Waals surface area contributed by atoms with Crippen LogP contribution in [0.25, 0.3) is 17.1 Å². The first-order valence-electron chi connectivity index (χ1n) is 8.39. The van der Waals surface area contributed by atoms with Crippen molar-refractivity contribution >= 4 is 46.3 Å². The molecule has 0 saturated carbocycles. The van der Waals surface area contributed by atoms with Gasteiger partial charge in [-0.25, -0.2) is 4.98 Å². The number of para-hydroxylation sites is 2. The highest BCUT2D eigenvalue weighted by Crippen LogP contribution is 2.32. The number of ketones is 1.